The van der Waals surface area contributed by atoms with E-state index in [0.29, 0.717) is 0 Å². The first-order valence-electron chi connectivity index (χ1n) is 11.8. The zero-order valence-electron chi connectivity index (χ0n) is 18.2. The molecule has 0 spiro atoms. The van der Waals surface area contributed by atoms with E-state index in [-0.39, 0.29) is 0 Å². The lowest BCUT2D eigenvalue weighted by Gasteiger charge is -2.06. The van der Waals surface area contributed by atoms with Crippen LogP contribution in [-0.2, 0) is 19.4 Å². The minimum absolute atomic E-state index is 1.20. The molecule has 26 heavy (non-hydrogen) atoms. The van der Waals surface area contributed by atoms with Gasteiger partial charge in [0.05, 0.1) is 0 Å². The Morgan fingerprint density at radius 2 is 0.962 bits per heavy atom. The highest BCUT2D eigenvalue weighted by molar-refractivity contribution is 5.15. The molecule has 1 heterocycles. The Labute approximate surface area is 164 Å². The lowest BCUT2D eigenvalue weighted by molar-refractivity contribution is -0.698. The second kappa shape index (κ2) is 16.3. The van der Waals surface area contributed by atoms with E-state index in [2.05, 4.69) is 43.8 Å². The third-order valence-electron chi connectivity index (χ3n) is 5.44. The molecule has 1 aromatic rings. The molecule has 0 bridgehead atoms. The zero-order chi connectivity index (χ0) is 18.9. The van der Waals surface area contributed by atoms with Gasteiger partial charge in [-0.2, -0.15) is 0 Å². The summed E-state index contributed by atoms with van der Waals surface area (Å²) in [5, 5.41) is 0. The van der Waals surface area contributed by atoms with Crippen LogP contribution in [-0.4, -0.2) is 0 Å². The Bertz CT molecular complexity index is 412. The number of aryl methyl sites for hydroxylation is 3. The van der Waals surface area contributed by atoms with Crippen LogP contribution in [0, 0.1) is 0 Å². The van der Waals surface area contributed by atoms with E-state index < -0.39 is 0 Å². The lowest BCUT2D eigenvalue weighted by Crippen LogP contribution is -2.34. The summed E-state index contributed by atoms with van der Waals surface area (Å²) in [4.78, 5) is 0. The Balaban J connectivity index is 2.27. The Morgan fingerprint density at radius 1 is 0.538 bits per heavy atom. The van der Waals surface area contributed by atoms with Crippen LogP contribution in [0.1, 0.15) is 122 Å². The molecule has 0 saturated carbocycles. The van der Waals surface area contributed by atoms with Crippen LogP contribution in [0.25, 0.3) is 0 Å². The van der Waals surface area contributed by atoms with Gasteiger partial charge in [0.1, 0.15) is 6.54 Å². The van der Waals surface area contributed by atoms with Crippen LogP contribution in [0.4, 0.5) is 0 Å². The molecule has 1 nitrogen and oxygen atoms in total. The molecule has 1 rings (SSSR count). The minimum atomic E-state index is 1.20. The molecule has 0 aliphatic carbocycles. The SMILES string of the molecule is CCCCCCCCCCCC[n+]1cc(CCCC)cc(CCCC)c1. The number of rotatable bonds is 17. The average molecular weight is 361 g/mol. The molecule has 150 valence electrons. The molecule has 0 radical (unpaired) electrons. The molecule has 0 aliphatic heterocycles. The molecule has 0 unspecified atom stereocenters. The summed E-state index contributed by atoms with van der Waals surface area (Å²) in [6.07, 6.45) is 26.7. The Morgan fingerprint density at radius 3 is 1.42 bits per heavy atom. The van der Waals surface area contributed by atoms with Gasteiger partial charge >= 0.3 is 0 Å². The van der Waals surface area contributed by atoms with Crippen LogP contribution in [0.2, 0.25) is 0 Å². The van der Waals surface area contributed by atoms with Gasteiger partial charge < -0.3 is 0 Å². The van der Waals surface area contributed by atoms with E-state index in [1.807, 2.05) is 0 Å². The van der Waals surface area contributed by atoms with E-state index in [0.717, 1.165) is 0 Å². The van der Waals surface area contributed by atoms with Gasteiger partial charge in [0.15, 0.2) is 12.4 Å². The number of nitrogens with zero attached hydrogens (tertiary/aromatic N) is 1. The van der Waals surface area contributed by atoms with E-state index >= 15 is 0 Å². The second-order valence-electron chi connectivity index (χ2n) is 8.18. The molecule has 0 atom stereocenters. The fraction of sp³-hybridized carbons (Fsp3) is 0.800. The van der Waals surface area contributed by atoms with Crippen molar-refractivity contribution in [2.45, 2.75) is 130 Å². The molecule has 0 amide bonds. The molecule has 1 aromatic heterocycles. The average Bonchev–Trinajstić information content (AvgIpc) is 2.66. The number of unbranched alkanes of at least 4 members (excludes halogenated alkanes) is 11. The maximum atomic E-state index is 2.49. The molecule has 0 fully saturated rings. The smallest absolute Gasteiger partial charge is 0.171 e. The van der Waals surface area contributed by atoms with Gasteiger partial charge in [0.2, 0.25) is 0 Å². The summed E-state index contributed by atoms with van der Waals surface area (Å²) in [6, 6.07) is 2.46. The molecule has 0 aromatic carbocycles. The second-order valence-corrected chi connectivity index (χ2v) is 8.18. The summed E-state index contributed by atoms with van der Waals surface area (Å²) in [7, 11) is 0. The summed E-state index contributed by atoms with van der Waals surface area (Å²) >= 11 is 0. The molecular formula is C25H46N+. The van der Waals surface area contributed by atoms with E-state index in [9.17, 15) is 0 Å². The van der Waals surface area contributed by atoms with Crippen LogP contribution < -0.4 is 4.57 Å². The standard InChI is InChI=1S/C25H46N/c1-4-7-10-11-12-13-14-15-16-17-20-26-22-24(18-8-5-2)21-25(23-26)19-9-6-3/h21-23H,4-20H2,1-3H3/q+1. The summed E-state index contributed by atoms with van der Waals surface area (Å²) in [5.41, 5.74) is 3.10. The first-order chi connectivity index (χ1) is 12.8. The summed E-state index contributed by atoms with van der Waals surface area (Å²) < 4.78 is 2.49. The molecule has 1 heteroatoms. The third kappa shape index (κ3) is 11.7. The van der Waals surface area contributed by atoms with Crippen molar-refractivity contribution in [2.24, 2.45) is 0 Å². The maximum absolute atomic E-state index is 2.49. The lowest BCUT2D eigenvalue weighted by atomic mass is 10.0. The van der Waals surface area contributed by atoms with Gasteiger partial charge in [0.25, 0.3) is 0 Å². The van der Waals surface area contributed by atoms with Gasteiger partial charge in [-0.1, -0.05) is 85.0 Å². The van der Waals surface area contributed by atoms with Crippen LogP contribution in [0.15, 0.2) is 18.5 Å². The molecule has 0 saturated heterocycles. The number of pyridine rings is 1. The monoisotopic (exact) mass is 360 g/mol. The van der Waals surface area contributed by atoms with Gasteiger partial charge in [-0.05, 0) is 38.2 Å². The van der Waals surface area contributed by atoms with E-state index in [1.54, 1.807) is 11.1 Å². The topological polar surface area (TPSA) is 3.88 Å². The predicted molar refractivity (Wildman–Crippen MR) is 116 cm³/mol. The van der Waals surface area contributed by atoms with Crippen LogP contribution in [0.5, 0.6) is 0 Å². The van der Waals surface area contributed by atoms with Gasteiger partial charge in [-0.25, -0.2) is 4.57 Å². The van der Waals surface area contributed by atoms with Crippen molar-refractivity contribution in [3.05, 3.63) is 29.6 Å². The third-order valence-corrected chi connectivity index (χ3v) is 5.44. The van der Waals surface area contributed by atoms with Crippen molar-refractivity contribution in [1.29, 1.82) is 0 Å². The van der Waals surface area contributed by atoms with Crippen molar-refractivity contribution in [3.8, 4) is 0 Å². The van der Waals surface area contributed by atoms with Gasteiger partial charge in [0, 0.05) is 17.5 Å². The normalized spacial score (nSPS) is 11.2. The fourth-order valence-electron chi connectivity index (χ4n) is 3.72. The van der Waals surface area contributed by atoms with Crippen molar-refractivity contribution in [2.75, 3.05) is 0 Å². The van der Waals surface area contributed by atoms with E-state index in [4.69, 9.17) is 0 Å². The van der Waals surface area contributed by atoms with Gasteiger partial charge in [-0.3, -0.25) is 0 Å². The van der Waals surface area contributed by atoms with Crippen molar-refractivity contribution in [1.82, 2.24) is 0 Å². The van der Waals surface area contributed by atoms with Gasteiger partial charge in [-0.15, -0.1) is 0 Å². The molecule has 0 aliphatic rings. The highest BCUT2D eigenvalue weighted by atomic mass is 14.9. The maximum Gasteiger partial charge on any atom is 0.171 e. The largest absolute Gasteiger partial charge is 0.205 e. The van der Waals surface area contributed by atoms with Crippen molar-refractivity contribution < 1.29 is 4.57 Å². The summed E-state index contributed by atoms with van der Waals surface area (Å²) in [6.45, 7) is 8.08. The highest BCUT2D eigenvalue weighted by Gasteiger charge is 2.08. The highest BCUT2D eigenvalue weighted by Crippen LogP contribution is 2.12. The van der Waals surface area contributed by atoms with Crippen LogP contribution >= 0.6 is 0 Å². The first-order valence-corrected chi connectivity index (χ1v) is 11.8. The number of hydrogen-bond acceptors (Lipinski definition) is 0. The number of hydrogen-bond donors (Lipinski definition) is 0. The first kappa shape index (κ1) is 23.2. The fourth-order valence-corrected chi connectivity index (χ4v) is 3.72. The number of aromatic nitrogens is 1. The quantitative estimate of drug-likeness (QED) is 0.199. The molecular weight excluding hydrogens is 314 g/mol. The Kier molecular flexibility index (Phi) is 14.6. The molecule has 0 N–H and O–H groups in total. The Hall–Kier alpha value is -0.850. The minimum Gasteiger partial charge on any atom is -0.205 e. The van der Waals surface area contributed by atoms with Crippen molar-refractivity contribution in [3.63, 3.8) is 0 Å². The van der Waals surface area contributed by atoms with Crippen molar-refractivity contribution >= 4 is 0 Å². The predicted octanol–water partition coefficient (Wildman–Crippen LogP) is 7.58. The van der Waals surface area contributed by atoms with Crippen LogP contribution in [0.3, 0.4) is 0 Å². The zero-order valence-corrected chi connectivity index (χ0v) is 18.2. The summed E-state index contributed by atoms with van der Waals surface area (Å²) in [5.74, 6) is 0. The van der Waals surface area contributed by atoms with E-state index in [1.165, 1.54) is 109 Å².